The SMILES string of the molecule is Cc1ccnc(OC[C@]23COC[C@H]2CN(C(=O)c2ncccn2)C3)n1. The van der Waals surface area contributed by atoms with Crippen molar-refractivity contribution >= 4 is 5.91 Å². The summed E-state index contributed by atoms with van der Waals surface area (Å²) >= 11 is 0. The molecule has 0 bridgehead atoms. The molecule has 130 valence electrons. The van der Waals surface area contributed by atoms with Crippen molar-refractivity contribution in [3.8, 4) is 6.01 Å². The van der Waals surface area contributed by atoms with E-state index in [1.807, 2.05) is 13.0 Å². The summed E-state index contributed by atoms with van der Waals surface area (Å²) in [5.74, 6) is 0.299. The quantitative estimate of drug-likeness (QED) is 0.810. The van der Waals surface area contributed by atoms with Gasteiger partial charge in [-0.1, -0.05) is 0 Å². The molecule has 1 amide bonds. The molecule has 2 aliphatic rings. The van der Waals surface area contributed by atoms with Gasteiger partial charge in [-0.15, -0.1) is 0 Å². The molecule has 4 heterocycles. The maximum atomic E-state index is 12.6. The van der Waals surface area contributed by atoms with E-state index in [0.717, 1.165) is 5.69 Å². The molecule has 2 aromatic rings. The number of hydrogen-bond acceptors (Lipinski definition) is 7. The fraction of sp³-hybridized carbons (Fsp3) is 0.471. The molecule has 2 aromatic heterocycles. The van der Waals surface area contributed by atoms with Crippen LogP contribution in [0.15, 0.2) is 30.7 Å². The highest BCUT2D eigenvalue weighted by Gasteiger charge is 2.53. The van der Waals surface area contributed by atoms with E-state index in [9.17, 15) is 4.79 Å². The van der Waals surface area contributed by atoms with Crippen LogP contribution in [0.2, 0.25) is 0 Å². The largest absolute Gasteiger partial charge is 0.463 e. The van der Waals surface area contributed by atoms with Gasteiger partial charge in [0.1, 0.15) is 6.61 Å². The Labute approximate surface area is 145 Å². The summed E-state index contributed by atoms with van der Waals surface area (Å²) in [6.07, 6.45) is 4.83. The van der Waals surface area contributed by atoms with Crippen LogP contribution in [0.1, 0.15) is 16.3 Å². The molecule has 2 saturated heterocycles. The predicted octanol–water partition coefficient (Wildman–Crippen LogP) is 0.743. The molecule has 2 aliphatic heterocycles. The number of aromatic nitrogens is 4. The van der Waals surface area contributed by atoms with Gasteiger partial charge in [0.05, 0.1) is 18.6 Å². The van der Waals surface area contributed by atoms with Gasteiger partial charge >= 0.3 is 6.01 Å². The second kappa shape index (κ2) is 6.36. The van der Waals surface area contributed by atoms with Crippen molar-refractivity contribution < 1.29 is 14.3 Å². The van der Waals surface area contributed by atoms with Crippen molar-refractivity contribution in [3.05, 3.63) is 42.2 Å². The van der Waals surface area contributed by atoms with Gasteiger partial charge in [-0.2, -0.15) is 0 Å². The summed E-state index contributed by atoms with van der Waals surface area (Å²) in [5, 5.41) is 0. The van der Waals surface area contributed by atoms with Crippen molar-refractivity contribution in [3.63, 3.8) is 0 Å². The minimum Gasteiger partial charge on any atom is -0.463 e. The average Bonchev–Trinajstić information content (AvgIpc) is 3.17. The van der Waals surface area contributed by atoms with Crippen LogP contribution in [0.4, 0.5) is 0 Å². The lowest BCUT2D eigenvalue weighted by Crippen LogP contribution is -2.38. The van der Waals surface area contributed by atoms with Gasteiger partial charge in [-0.05, 0) is 19.1 Å². The van der Waals surface area contributed by atoms with Crippen molar-refractivity contribution in [2.24, 2.45) is 11.3 Å². The van der Waals surface area contributed by atoms with Crippen LogP contribution in [-0.2, 0) is 4.74 Å². The van der Waals surface area contributed by atoms with Gasteiger partial charge in [-0.25, -0.2) is 19.9 Å². The number of likely N-dealkylation sites (tertiary alicyclic amines) is 1. The Morgan fingerprint density at radius 1 is 1.36 bits per heavy atom. The molecule has 0 saturated carbocycles. The third kappa shape index (κ3) is 3.05. The first-order valence-electron chi connectivity index (χ1n) is 8.23. The number of nitrogens with zero attached hydrogens (tertiary/aromatic N) is 5. The lowest BCUT2D eigenvalue weighted by Gasteiger charge is -2.26. The summed E-state index contributed by atoms with van der Waals surface area (Å²) in [4.78, 5) is 31.0. The van der Waals surface area contributed by atoms with Gasteiger partial charge < -0.3 is 14.4 Å². The summed E-state index contributed by atoms with van der Waals surface area (Å²) in [5.41, 5.74) is 0.614. The topological polar surface area (TPSA) is 90.3 Å². The molecular formula is C17H19N5O3. The Morgan fingerprint density at radius 2 is 2.20 bits per heavy atom. The minimum absolute atomic E-state index is 0.152. The molecule has 0 radical (unpaired) electrons. The molecule has 8 nitrogen and oxygen atoms in total. The summed E-state index contributed by atoms with van der Waals surface area (Å²) < 4.78 is 11.5. The third-order valence-electron chi connectivity index (χ3n) is 4.83. The van der Waals surface area contributed by atoms with Crippen LogP contribution in [0.25, 0.3) is 0 Å². The highest BCUT2D eigenvalue weighted by Crippen LogP contribution is 2.41. The smallest absolute Gasteiger partial charge is 0.316 e. The highest BCUT2D eigenvalue weighted by atomic mass is 16.5. The molecule has 4 rings (SSSR count). The zero-order valence-corrected chi connectivity index (χ0v) is 14.0. The maximum absolute atomic E-state index is 12.6. The van der Waals surface area contributed by atoms with E-state index in [2.05, 4.69) is 19.9 Å². The number of amides is 1. The van der Waals surface area contributed by atoms with Crippen molar-refractivity contribution in [1.29, 1.82) is 0 Å². The van der Waals surface area contributed by atoms with Gasteiger partial charge in [0.2, 0.25) is 5.82 Å². The van der Waals surface area contributed by atoms with E-state index in [0.29, 0.717) is 38.9 Å². The van der Waals surface area contributed by atoms with E-state index in [1.165, 1.54) is 0 Å². The summed E-state index contributed by atoms with van der Waals surface area (Å²) in [6.45, 7) is 4.67. The first kappa shape index (κ1) is 15.9. The van der Waals surface area contributed by atoms with Gasteiger partial charge in [-0.3, -0.25) is 4.79 Å². The number of fused-ring (bicyclic) bond motifs is 1. The second-order valence-corrected chi connectivity index (χ2v) is 6.60. The molecule has 25 heavy (non-hydrogen) atoms. The van der Waals surface area contributed by atoms with Gasteiger partial charge in [0.15, 0.2) is 0 Å². The molecule has 0 aliphatic carbocycles. The number of hydrogen-bond donors (Lipinski definition) is 0. The summed E-state index contributed by atoms with van der Waals surface area (Å²) in [6, 6.07) is 3.87. The lowest BCUT2D eigenvalue weighted by atomic mass is 9.82. The van der Waals surface area contributed by atoms with E-state index < -0.39 is 0 Å². The van der Waals surface area contributed by atoms with Crippen LogP contribution in [0, 0.1) is 18.3 Å². The molecule has 2 atom stereocenters. The fourth-order valence-corrected chi connectivity index (χ4v) is 3.45. The highest BCUT2D eigenvalue weighted by molar-refractivity contribution is 5.90. The monoisotopic (exact) mass is 341 g/mol. The first-order valence-corrected chi connectivity index (χ1v) is 8.23. The van der Waals surface area contributed by atoms with Crippen molar-refractivity contribution in [2.75, 3.05) is 32.9 Å². The Bertz CT molecular complexity index is 772. The standard InChI is InChI=1S/C17H19N5O3/c1-12-3-6-20-16(21-12)25-11-17-9-22(7-13(17)8-24-10-17)15(23)14-18-4-2-5-19-14/h2-6,13H,7-11H2,1H3/t13-,17+/m1/s1. The summed E-state index contributed by atoms with van der Waals surface area (Å²) in [7, 11) is 0. The zero-order valence-electron chi connectivity index (χ0n) is 14.0. The number of ether oxygens (including phenoxy) is 2. The van der Waals surface area contributed by atoms with Gasteiger partial charge in [0.25, 0.3) is 5.91 Å². The molecule has 8 heteroatoms. The number of carbonyl (C=O) groups excluding carboxylic acids is 1. The van der Waals surface area contributed by atoms with Crippen LogP contribution >= 0.6 is 0 Å². The van der Waals surface area contributed by atoms with Crippen LogP contribution < -0.4 is 4.74 Å². The van der Waals surface area contributed by atoms with Crippen molar-refractivity contribution in [1.82, 2.24) is 24.8 Å². The number of rotatable bonds is 4. The fourth-order valence-electron chi connectivity index (χ4n) is 3.45. The molecular weight excluding hydrogens is 322 g/mol. The molecule has 0 spiro atoms. The van der Waals surface area contributed by atoms with E-state index in [4.69, 9.17) is 9.47 Å². The van der Waals surface area contributed by atoms with E-state index in [-0.39, 0.29) is 23.1 Å². The third-order valence-corrected chi connectivity index (χ3v) is 4.83. The van der Waals surface area contributed by atoms with Gasteiger partial charge in [0, 0.05) is 43.3 Å². The predicted molar refractivity (Wildman–Crippen MR) is 86.9 cm³/mol. The van der Waals surface area contributed by atoms with E-state index >= 15 is 0 Å². The van der Waals surface area contributed by atoms with E-state index in [1.54, 1.807) is 29.6 Å². The normalized spacial score (nSPS) is 25.0. The zero-order chi connectivity index (χ0) is 17.3. The first-order chi connectivity index (χ1) is 12.2. The second-order valence-electron chi connectivity index (χ2n) is 6.60. The average molecular weight is 341 g/mol. The van der Waals surface area contributed by atoms with Crippen LogP contribution in [0.3, 0.4) is 0 Å². The molecule has 0 aromatic carbocycles. The van der Waals surface area contributed by atoms with Crippen molar-refractivity contribution in [2.45, 2.75) is 6.92 Å². The van der Waals surface area contributed by atoms with Crippen LogP contribution in [0.5, 0.6) is 6.01 Å². The Balaban J connectivity index is 1.48. The van der Waals surface area contributed by atoms with Crippen LogP contribution in [-0.4, -0.2) is 63.7 Å². The maximum Gasteiger partial charge on any atom is 0.316 e. The number of carbonyl (C=O) groups is 1. The Kier molecular flexibility index (Phi) is 4.04. The molecule has 0 N–H and O–H groups in total. The molecule has 2 fully saturated rings. The lowest BCUT2D eigenvalue weighted by molar-refractivity contribution is 0.0640. The minimum atomic E-state index is -0.239. The number of aryl methyl sites for hydroxylation is 1. The molecule has 0 unspecified atom stereocenters. The Hall–Kier alpha value is -2.61. The Morgan fingerprint density at radius 3 is 3.00 bits per heavy atom.